The molecule has 1 saturated heterocycles. The average Bonchev–Trinajstić information content (AvgIpc) is 2.78. The summed E-state index contributed by atoms with van der Waals surface area (Å²) in [4.78, 5) is 41.0. The van der Waals surface area contributed by atoms with Gasteiger partial charge >= 0.3 is 0 Å². The second kappa shape index (κ2) is 9.14. The molecule has 0 aromatic heterocycles. The first-order chi connectivity index (χ1) is 14.9. The maximum absolute atomic E-state index is 13.1. The zero-order valence-electron chi connectivity index (χ0n) is 17.8. The highest BCUT2D eigenvalue weighted by Gasteiger charge is 2.38. The number of likely N-dealkylation sites (tertiary alicyclic amines) is 1. The Morgan fingerprint density at radius 2 is 1.87 bits per heavy atom. The first-order valence-corrected chi connectivity index (χ1v) is 11.6. The highest BCUT2D eigenvalue weighted by Crippen LogP contribution is 2.36. The Kier molecular flexibility index (Phi) is 6.32. The van der Waals surface area contributed by atoms with E-state index in [4.69, 9.17) is 0 Å². The molecule has 0 aliphatic carbocycles. The predicted octanol–water partition coefficient (Wildman–Crippen LogP) is 4.10. The van der Waals surface area contributed by atoms with Crippen LogP contribution in [0, 0.1) is 5.92 Å². The minimum Gasteiger partial charge on any atom is -0.340 e. The molecule has 162 valence electrons. The van der Waals surface area contributed by atoms with E-state index in [1.54, 1.807) is 4.90 Å². The highest BCUT2D eigenvalue weighted by atomic mass is 32.2. The standard InChI is InChI=1S/C24H27N3O3S/c1-15(2)16-9-11-18(12-10-16)25-22(28)17-6-5-13-27(14-17)24(30)21-23(29)26-19-7-3-4-8-20(19)31-21/h3-4,7-12,15,17,21H,5-6,13-14H2,1-2H3,(H,25,28)(H,26,29)/t17-,21-/m1/s1. The van der Waals surface area contributed by atoms with Crippen LogP contribution in [0.5, 0.6) is 0 Å². The molecule has 4 rings (SSSR count). The van der Waals surface area contributed by atoms with Gasteiger partial charge in [-0.2, -0.15) is 0 Å². The van der Waals surface area contributed by atoms with Crippen LogP contribution in [-0.2, 0) is 14.4 Å². The van der Waals surface area contributed by atoms with E-state index in [0.29, 0.717) is 19.0 Å². The second-order valence-corrected chi connectivity index (χ2v) is 9.52. The Morgan fingerprint density at radius 1 is 1.13 bits per heavy atom. The van der Waals surface area contributed by atoms with E-state index in [0.717, 1.165) is 29.1 Å². The number of rotatable bonds is 4. The average molecular weight is 438 g/mol. The minimum atomic E-state index is -0.819. The zero-order chi connectivity index (χ0) is 22.0. The van der Waals surface area contributed by atoms with Crippen LogP contribution in [-0.4, -0.2) is 41.0 Å². The van der Waals surface area contributed by atoms with Crippen molar-refractivity contribution >= 4 is 40.9 Å². The molecule has 0 unspecified atom stereocenters. The molecule has 0 bridgehead atoms. The third kappa shape index (κ3) is 4.77. The monoisotopic (exact) mass is 437 g/mol. The van der Waals surface area contributed by atoms with Gasteiger partial charge in [0.2, 0.25) is 17.7 Å². The molecule has 2 heterocycles. The van der Waals surface area contributed by atoms with Crippen molar-refractivity contribution in [3.05, 3.63) is 54.1 Å². The summed E-state index contributed by atoms with van der Waals surface area (Å²) < 4.78 is 0. The fourth-order valence-electron chi connectivity index (χ4n) is 3.97. The Balaban J connectivity index is 1.39. The molecule has 6 nitrogen and oxygen atoms in total. The van der Waals surface area contributed by atoms with Gasteiger partial charge in [-0.25, -0.2) is 0 Å². The molecule has 2 N–H and O–H groups in total. The van der Waals surface area contributed by atoms with Crippen molar-refractivity contribution in [1.29, 1.82) is 0 Å². The van der Waals surface area contributed by atoms with E-state index in [1.165, 1.54) is 17.3 Å². The molecule has 0 spiro atoms. The van der Waals surface area contributed by atoms with Gasteiger partial charge in [-0.15, -0.1) is 11.8 Å². The predicted molar refractivity (Wildman–Crippen MR) is 123 cm³/mol. The zero-order valence-corrected chi connectivity index (χ0v) is 18.6. The summed E-state index contributed by atoms with van der Waals surface area (Å²) >= 11 is 1.28. The highest BCUT2D eigenvalue weighted by molar-refractivity contribution is 8.01. The van der Waals surface area contributed by atoms with E-state index in [-0.39, 0.29) is 23.6 Å². The summed E-state index contributed by atoms with van der Waals surface area (Å²) in [5, 5.41) is 4.98. The number of amides is 3. The molecule has 1 fully saturated rings. The van der Waals surface area contributed by atoms with E-state index in [1.807, 2.05) is 48.5 Å². The molecule has 0 radical (unpaired) electrons. The molecule has 0 saturated carbocycles. The number of anilines is 2. The second-order valence-electron chi connectivity index (χ2n) is 8.37. The first-order valence-electron chi connectivity index (χ1n) is 10.7. The number of fused-ring (bicyclic) bond motifs is 1. The van der Waals surface area contributed by atoms with Gasteiger partial charge in [0.15, 0.2) is 5.25 Å². The molecular weight excluding hydrogens is 410 g/mol. The normalized spacial score (nSPS) is 20.7. The molecular formula is C24H27N3O3S. The van der Waals surface area contributed by atoms with Crippen molar-refractivity contribution in [3.8, 4) is 0 Å². The number of hydrogen-bond acceptors (Lipinski definition) is 4. The van der Waals surface area contributed by atoms with E-state index in [9.17, 15) is 14.4 Å². The number of benzene rings is 2. The number of carbonyl (C=O) groups is 3. The number of carbonyl (C=O) groups excluding carboxylic acids is 3. The Bertz CT molecular complexity index is 990. The first kappa shape index (κ1) is 21.4. The molecule has 2 atom stereocenters. The smallest absolute Gasteiger partial charge is 0.247 e. The number of piperidine rings is 1. The van der Waals surface area contributed by atoms with Crippen LogP contribution in [0.2, 0.25) is 0 Å². The van der Waals surface area contributed by atoms with Crippen molar-refractivity contribution < 1.29 is 14.4 Å². The van der Waals surface area contributed by atoms with Crippen molar-refractivity contribution in [2.24, 2.45) is 5.92 Å². The summed E-state index contributed by atoms with van der Waals surface area (Å²) in [7, 11) is 0. The summed E-state index contributed by atoms with van der Waals surface area (Å²) in [6.45, 7) is 5.16. The Labute approximate surface area is 186 Å². The van der Waals surface area contributed by atoms with Gasteiger partial charge in [-0.1, -0.05) is 38.1 Å². The maximum Gasteiger partial charge on any atom is 0.247 e. The molecule has 31 heavy (non-hydrogen) atoms. The van der Waals surface area contributed by atoms with Gasteiger partial charge < -0.3 is 15.5 Å². The molecule has 2 aromatic carbocycles. The lowest BCUT2D eigenvalue weighted by Crippen LogP contribution is -2.50. The molecule has 2 aliphatic heterocycles. The number of nitrogens with zero attached hydrogens (tertiary/aromatic N) is 1. The van der Waals surface area contributed by atoms with Crippen LogP contribution in [0.25, 0.3) is 0 Å². The minimum absolute atomic E-state index is 0.0825. The van der Waals surface area contributed by atoms with Crippen molar-refractivity contribution in [3.63, 3.8) is 0 Å². The number of thioether (sulfide) groups is 1. The van der Waals surface area contributed by atoms with Gasteiger partial charge in [0.05, 0.1) is 11.6 Å². The van der Waals surface area contributed by atoms with E-state index in [2.05, 4.69) is 24.5 Å². The van der Waals surface area contributed by atoms with E-state index < -0.39 is 5.25 Å². The van der Waals surface area contributed by atoms with Gasteiger partial charge in [-0.05, 0) is 48.6 Å². The Morgan fingerprint density at radius 3 is 2.61 bits per heavy atom. The number of nitrogens with one attached hydrogen (secondary N) is 2. The summed E-state index contributed by atoms with van der Waals surface area (Å²) in [6.07, 6.45) is 1.47. The largest absolute Gasteiger partial charge is 0.340 e. The summed E-state index contributed by atoms with van der Waals surface area (Å²) in [5.74, 6) is -0.460. The topological polar surface area (TPSA) is 78.5 Å². The lowest BCUT2D eigenvalue weighted by Gasteiger charge is -2.35. The summed E-state index contributed by atoms with van der Waals surface area (Å²) in [6, 6.07) is 15.3. The van der Waals surface area contributed by atoms with Gasteiger partial charge in [0, 0.05) is 23.7 Å². The van der Waals surface area contributed by atoms with Crippen LogP contribution in [0.1, 0.15) is 38.2 Å². The van der Waals surface area contributed by atoms with Gasteiger partial charge in [0.25, 0.3) is 0 Å². The van der Waals surface area contributed by atoms with Gasteiger partial charge in [0.1, 0.15) is 0 Å². The summed E-state index contributed by atoms with van der Waals surface area (Å²) in [5.41, 5.74) is 2.72. The third-order valence-corrected chi connectivity index (χ3v) is 7.06. The van der Waals surface area contributed by atoms with Crippen molar-refractivity contribution in [1.82, 2.24) is 4.90 Å². The van der Waals surface area contributed by atoms with Crippen LogP contribution < -0.4 is 10.6 Å². The van der Waals surface area contributed by atoms with Crippen LogP contribution in [0.4, 0.5) is 11.4 Å². The van der Waals surface area contributed by atoms with Crippen LogP contribution >= 0.6 is 11.8 Å². The van der Waals surface area contributed by atoms with E-state index >= 15 is 0 Å². The van der Waals surface area contributed by atoms with Crippen LogP contribution in [0.15, 0.2) is 53.4 Å². The van der Waals surface area contributed by atoms with Crippen molar-refractivity contribution in [2.45, 2.75) is 42.8 Å². The molecule has 2 aromatic rings. The third-order valence-electron chi connectivity index (χ3n) is 5.80. The lowest BCUT2D eigenvalue weighted by molar-refractivity contribution is -0.136. The van der Waals surface area contributed by atoms with Crippen molar-refractivity contribution in [2.75, 3.05) is 23.7 Å². The molecule has 2 aliphatic rings. The maximum atomic E-state index is 13.1. The number of hydrogen-bond donors (Lipinski definition) is 2. The molecule has 3 amide bonds. The SMILES string of the molecule is CC(C)c1ccc(NC(=O)[C@@H]2CCCN(C(=O)[C@@H]3Sc4ccccc4NC3=O)C2)cc1. The quantitative estimate of drug-likeness (QED) is 0.706. The van der Waals surface area contributed by atoms with Gasteiger partial charge in [-0.3, -0.25) is 14.4 Å². The lowest BCUT2D eigenvalue weighted by atomic mass is 9.96. The van der Waals surface area contributed by atoms with Crippen LogP contribution in [0.3, 0.4) is 0 Å². The number of para-hydroxylation sites is 1. The fraction of sp³-hybridized carbons (Fsp3) is 0.375. The Hall–Kier alpha value is -2.80. The fourth-order valence-corrected chi connectivity index (χ4v) is 5.04. The molecule has 7 heteroatoms.